The van der Waals surface area contributed by atoms with E-state index in [1.54, 1.807) is 0 Å². The average Bonchev–Trinajstić information content (AvgIpc) is 2.92. The molecule has 1 aromatic carbocycles. The molecule has 4 N–H and O–H groups in total. The van der Waals surface area contributed by atoms with Gasteiger partial charge in [0, 0.05) is 6.54 Å². The lowest BCUT2D eigenvalue weighted by Crippen LogP contribution is -2.51. The number of hydrogen-bond acceptors (Lipinski definition) is 5. The van der Waals surface area contributed by atoms with Gasteiger partial charge in [-0.2, -0.15) is 0 Å². The van der Waals surface area contributed by atoms with E-state index in [2.05, 4.69) is 94.8 Å². The van der Waals surface area contributed by atoms with Crippen LogP contribution in [0.4, 0.5) is 0 Å². The van der Waals surface area contributed by atoms with Crippen molar-refractivity contribution in [1.82, 2.24) is 10.2 Å². The minimum atomic E-state index is 0.410. The Kier molecular flexibility index (Phi) is 14.2. The molecule has 0 amide bonds. The van der Waals surface area contributed by atoms with E-state index in [-0.39, 0.29) is 0 Å². The monoisotopic (exact) mass is 536 g/mol. The van der Waals surface area contributed by atoms with Gasteiger partial charge >= 0.3 is 0 Å². The Labute approximate surface area is 239 Å². The number of piperidine rings is 1. The Morgan fingerprint density at radius 3 is 2.31 bits per heavy atom. The van der Waals surface area contributed by atoms with E-state index in [4.69, 9.17) is 10.1 Å². The maximum absolute atomic E-state index is 8.51. The number of nitrogens with one attached hydrogen (secondary N) is 2. The number of allylic oxidation sites excluding steroid dienone is 6. The molecule has 0 radical (unpaired) electrons. The normalized spacial score (nSPS) is 18.3. The van der Waals surface area contributed by atoms with Crippen LogP contribution in [0.3, 0.4) is 0 Å². The zero-order valence-electron chi connectivity index (χ0n) is 26.1. The number of rotatable bonds is 12. The van der Waals surface area contributed by atoms with Crippen molar-refractivity contribution in [3.05, 3.63) is 63.9 Å². The third-order valence-electron chi connectivity index (χ3n) is 8.10. The van der Waals surface area contributed by atoms with Gasteiger partial charge in [-0.25, -0.2) is 0 Å². The number of hydrogen-bond donors (Lipinski definition) is 3. The fraction of sp³-hybridized carbons (Fsp3) is 0.618. The van der Waals surface area contributed by atoms with Crippen molar-refractivity contribution < 1.29 is 4.74 Å². The molecule has 2 aliphatic heterocycles. The lowest BCUT2D eigenvalue weighted by Gasteiger charge is -2.41. The van der Waals surface area contributed by atoms with Crippen molar-refractivity contribution in [2.45, 2.75) is 92.5 Å². The van der Waals surface area contributed by atoms with Gasteiger partial charge in [0.2, 0.25) is 0 Å². The van der Waals surface area contributed by atoms with Gasteiger partial charge in [0.25, 0.3) is 0 Å². The lowest BCUT2D eigenvalue weighted by atomic mass is 9.80. The molecule has 0 atom stereocenters. The van der Waals surface area contributed by atoms with E-state index in [0.717, 1.165) is 44.7 Å². The number of benzene rings is 1. The Hall–Kier alpha value is -2.21. The molecule has 0 aromatic heterocycles. The van der Waals surface area contributed by atoms with Crippen molar-refractivity contribution in [1.29, 1.82) is 5.41 Å². The average molecular weight is 537 g/mol. The first-order valence-corrected chi connectivity index (χ1v) is 15.3. The second kappa shape index (κ2) is 16.8. The van der Waals surface area contributed by atoms with Gasteiger partial charge in [-0.3, -0.25) is 4.90 Å². The molecule has 2 heterocycles. The third kappa shape index (κ3) is 8.64. The summed E-state index contributed by atoms with van der Waals surface area (Å²) < 4.78 is 5.43. The standard InChI is InChI=1S/C33H51N3O.CH5N/c1-8-12-29(25(9-2)20-32(35-11-4)31(34)10-3)33(23(5)6)30-19-27(14-13-24(30)7)26-15-17-36(18-16-26)28-21-37-22-28;1-2/h9,13-14,19-20,23,26,28,34-35H,8,10-12,15-18,21-22H2,1-7H3;2H2,1H3/b25-9+,32-20+,33-29+,34-31?;. The minimum Gasteiger partial charge on any atom is -0.384 e. The van der Waals surface area contributed by atoms with Crippen molar-refractivity contribution >= 4 is 11.3 Å². The summed E-state index contributed by atoms with van der Waals surface area (Å²) in [6.45, 7) is 20.5. The maximum Gasteiger partial charge on any atom is 0.0645 e. The van der Waals surface area contributed by atoms with Crippen LogP contribution >= 0.6 is 0 Å². The van der Waals surface area contributed by atoms with E-state index in [1.165, 1.54) is 66.4 Å². The summed E-state index contributed by atoms with van der Waals surface area (Å²) in [5, 5.41) is 12.0. The second-order valence-electron chi connectivity index (χ2n) is 11.0. The van der Waals surface area contributed by atoms with E-state index in [9.17, 15) is 0 Å². The molecule has 218 valence electrons. The summed E-state index contributed by atoms with van der Waals surface area (Å²) in [5.74, 6) is 1.04. The number of ether oxygens (including phenoxy) is 1. The molecule has 0 saturated carbocycles. The Balaban J connectivity index is 0.00000260. The van der Waals surface area contributed by atoms with Gasteiger partial charge in [0.15, 0.2) is 0 Å². The highest BCUT2D eigenvalue weighted by atomic mass is 16.5. The smallest absolute Gasteiger partial charge is 0.0645 e. The Morgan fingerprint density at radius 1 is 1.15 bits per heavy atom. The van der Waals surface area contributed by atoms with E-state index >= 15 is 0 Å². The van der Waals surface area contributed by atoms with Crippen molar-refractivity contribution in [2.24, 2.45) is 11.7 Å². The second-order valence-corrected chi connectivity index (χ2v) is 11.0. The summed E-state index contributed by atoms with van der Waals surface area (Å²) in [5.41, 5.74) is 14.5. The van der Waals surface area contributed by atoms with Gasteiger partial charge in [0.1, 0.15) is 0 Å². The van der Waals surface area contributed by atoms with Gasteiger partial charge in [-0.1, -0.05) is 58.4 Å². The number of aryl methyl sites for hydroxylation is 1. The van der Waals surface area contributed by atoms with Gasteiger partial charge < -0.3 is 21.2 Å². The summed E-state index contributed by atoms with van der Waals surface area (Å²) >= 11 is 0. The molecule has 2 saturated heterocycles. The van der Waals surface area contributed by atoms with E-state index in [0.29, 0.717) is 23.6 Å². The SMILES string of the molecule is C/C=C(\C=C(\NCC)C(=N)CC)C(/CCC)=C(/c1cc(C2CCN(C3COC3)CC2)ccc1C)C(C)C.CN. The van der Waals surface area contributed by atoms with Crippen LogP contribution in [0.15, 0.2) is 47.2 Å². The van der Waals surface area contributed by atoms with Crippen LogP contribution in [0.25, 0.3) is 5.57 Å². The van der Waals surface area contributed by atoms with Crippen LogP contribution in [0, 0.1) is 18.3 Å². The molecular formula is C34H56N4O. The highest BCUT2D eigenvalue weighted by molar-refractivity contribution is 5.97. The predicted molar refractivity (Wildman–Crippen MR) is 170 cm³/mol. The highest BCUT2D eigenvalue weighted by Gasteiger charge is 2.30. The van der Waals surface area contributed by atoms with Crippen molar-refractivity contribution in [3.63, 3.8) is 0 Å². The fourth-order valence-corrected chi connectivity index (χ4v) is 5.85. The highest BCUT2D eigenvalue weighted by Crippen LogP contribution is 2.38. The van der Waals surface area contributed by atoms with Crippen molar-refractivity contribution in [3.8, 4) is 0 Å². The molecule has 0 unspecified atom stereocenters. The number of nitrogens with zero attached hydrogens (tertiary/aromatic N) is 1. The van der Waals surface area contributed by atoms with Crippen LogP contribution in [0.2, 0.25) is 0 Å². The quantitative estimate of drug-likeness (QED) is 0.195. The van der Waals surface area contributed by atoms with Crippen LogP contribution < -0.4 is 11.1 Å². The molecule has 2 fully saturated rings. The summed E-state index contributed by atoms with van der Waals surface area (Å²) in [6.07, 6.45) is 9.79. The maximum atomic E-state index is 8.51. The van der Waals surface area contributed by atoms with E-state index in [1.807, 2.05) is 0 Å². The largest absolute Gasteiger partial charge is 0.384 e. The minimum absolute atomic E-state index is 0.410. The van der Waals surface area contributed by atoms with Crippen LogP contribution in [-0.4, -0.2) is 56.5 Å². The lowest BCUT2D eigenvalue weighted by molar-refractivity contribution is -0.0712. The topological polar surface area (TPSA) is 74.4 Å². The molecule has 1 aromatic rings. The van der Waals surface area contributed by atoms with E-state index < -0.39 is 0 Å². The van der Waals surface area contributed by atoms with Gasteiger partial charge in [-0.15, -0.1) is 0 Å². The first-order chi connectivity index (χ1) is 18.8. The molecular weight excluding hydrogens is 480 g/mol. The molecule has 3 rings (SSSR count). The molecule has 0 aliphatic carbocycles. The zero-order chi connectivity index (χ0) is 28.9. The number of nitrogens with two attached hydrogens (primary N) is 1. The summed E-state index contributed by atoms with van der Waals surface area (Å²) in [7, 11) is 1.50. The Morgan fingerprint density at radius 2 is 1.82 bits per heavy atom. The molecule has 5 nitrogen and oxygen atoms in total. The fourth-order valence-electron chi connectivity index (χ4n) is 5.85. The molecule has 2 aliphatic rings. The van der Waals surface area contributed by atoms with Crippen LogP contribution in [-0.2, 0) is 4.74 Å². The Bertz CT molecular complexity index is 1010. The molecule has 0 spiro atoms. The van der Waals surface area contributed by atoms with Gasteiger partial charge in [-0.05, 0) is 118 Å². The summed E-state index contributed by atoms with van der Waals surface area (Å²) in [4.78, 5) is 2.63. The van der Waals surface area contributed by atoms with Crippen molar-refractivity contribution in [2.75, 3.05) is 39.9 Å². The third-order valence-corrected chi connectivity index (χ3v) is 8.10. The van der Waals surface area contributed by atoms with Crippen LogP contribution in [0.5, 0.6) is 0 Å². The molecule has 5 heteroatoms. The van der Waals surface area contributed by atoms with Crippen LogP contribution in [0.1, 0.15) is 96.3 Å². The molecule has 0 bridgehead atoms. The number of likely N-dealkylation sites (tertiary alicyclic amines) is 1. The first kappa shape index (κ1) is 33.0. The van der Waals surface area contributed by atoms with Gasteiger partial charge in [0.05, 0.1) is 30.7 Å². The predicted octanol–water partition coefficient (Wildman–Crippen LogP) is 7.23. The molecule has 39 heavy (non-hydrogen) atoms. The zero-order valence-corrected chi connectivity index (χ0v) is 26.1. The summed E-state index contributed by atoms with van der Waals surface area (Å²) in [6, 6.07) is 7.90. The first-order valence-electron chi connectivity index (χ1n) is 15.3.